The van der Waals surface area contributed by atoms with Gasteiger partial charge >= 0.3 is 6.09 Å². The van der Waals surface area contributed by atoms with Gasteiger partial charge in [-0.1, -0.05) is 0 Å². The zero-order chi connectivity index (χ0) is 16.6. The van der Waals surface area contributed by atoms with Gasteiger partial charge < -0.3 is 9.64 Å². The Hall–Kier alpha value is -1.52. The number of hydrogen-bond donors (Lipinski definition) is 0. The Morgan fingerprint density at radius 1 is 1.30 bits per heavy atom. The van der Waals surface area contributed by atoms with Gasteiger partial charge in [-0.3, -0.25) is 4.68 Å². The van der Waals surface area contributed by atoms with Crippen molar-refractivity contribution in [3.8, 4) is 0 Å². The molecule has 1 aromatic heterocycles. The highest BCUT2D eigenvalue weighted by atomic mass is 16.6. The summed E-state index contributed by atoms with van der Waals surface area (Å²) in [6.45, 7) is 6.64. The summed E-state index contributed by atoms with van der Waals surface area (Å²) in [5, 5.41) is 4.39. The van der Waals surface area contributed by atoms with E-state index in [1.807, 2.05) is 43.6 Å². The molecule has 5 nitrogen and oxygen atoms in total. The quantitative estimate of drug-likeness (QED) is 0.798. The number of amides is 1. The maximum atomic E-state index is 12.6. The van der Waals surface area contributed by atoms with Crippen LogP contribution in [0.5, 0.6) is 0 Å². The van der Waals surface area contributed by atoms with Gasteiger partial charge in [0, 0.05) is 25.3 Å². The first-order valence-electron chi connectivity index (χ1n) is 8.84. The Labute approximate surface area is 139 Å². The van der Waals surface area contributed by atoms with Crippen LogP contribution in [0.15, 0.2) is 6.20 Å². The zero-order valence-corrected chi connectivity index (χ0v) is 14.8. The second-order valence-corrected chi connectivity index (χ2v) is 7.98. The smallest absolute Gasteiger partial charge is 0.410 e. The number of aryl methyl sites for hydroxylation is 2. The molecule has 2 heterocycles. The first kappa shape index (κ1) is 16.3. The minimum Gasteiger partial charge on any atom is -0.444 e. The summed E-state index contributed by atoms with van der Waals surface area (Å²) in [5.74, 6) is 0.519. The summed E-state index contributed by atoms with van der Waals surface area (Å²) in [5.41, 5.74) is 2.29. The maximum absolute atomic E-state index is 12.6. The van der Waals surface area contributed by atoms with Crippen molar-refractivity contribution in [2.24, 2.45) is 13.0 Å². The number of piperidine rings is 1. The Balaban J connectivity index is 1.74. The Bertz CT molecular complexity index is 573. The number of nitrogens with zero attached hydrogens (tertiary/aromatic N) is 3. The van der Waals surface area contributed by atoms with Crippen molar-refractivity contribution in [3.63, 3.8) is 0 Å². The number of likely N-dealkylation sites (tertiary alicyclic amines) is 1. The molecule has 2 atom stereocenters. The lowest BCUT2D eigenvalue weighted by molar-refractivity contribution is 0.000170. The van der Waals surface area contributed by atoms with E-state index in [0.29, 0.717) is 12.0 Å². The predicted octanol–water partition coefficient (Wildman–Crippen LogP) is 3.31. The van der Waals surface area contributed by atoms with Gasteiger partial charge in [0.05, 0.1) is 6.20 Å². The van der Waals surface area contributed by atoms with Crippen LogP contribution in [0.3, 0.4) is 0 Å². The molecule has 2 aliphatic rings. The van der Waals surface area contributed by atoms with Gasteiger partial charge in [0.2, 0.25) is 0 Å². The number of aromatic nitrogens is 2. The van der Waals surface area contributed by atoms with Gasteiger partial charge in [0.1, 0.15) is 5.60 Å². The molecule has 3 rings (SSSR count). The van der Waals surface area contributed by atoms with Crippen LogP contribution in [0, 0.1) is 5.92 Å². The van der Waals surface area contributed by atoms with E-state index < -0.39 is 5.60 Å². The van der Waals surface area contributed by atoms with Crippen molar-refractivity contribution in [1.82, 2.24) is 14.7 Å². The molecule has 1 aliphatic heterocycles. The van der Waals surface area contributed by atoms with Crippen LogP contribution < -0.4 is 0 Å². The predicted molar refractivity (Wildman–Crippen MR) is 89.3 cm³/mol. The molecular formula is C18H29N3O2. The third-order valence-corrected chi connectivity index (χ3v) is 5.11. The highest BCUT2D eigenvalue weighted by Gasteiger charge is 2.37. The lowest BCUT2D eigenvalue weighted by Crippen LogP contribution is -2.50. The van der Waals surface area contributed by atoms with Gasteiger partial charge in [-0.2, -0.15) is 5.10 Å². The average Bonchev–Trinajstić information content (AvgIpc) is 2.86. The molecule has 0 unspecified atom stereocenters. The first-order chi connectivity index (χ1) is 10.8. The lowest BCUT2D eigenvalue weighted by Gasteiger charge is -2.42. The van der Waals surface area contributed by atoms with Crippen molar-refractivity contribution >= 4 is 6.09 Å². The van der Waals surface area contributed by atoms with Crippen LogP contribution in [0.25, 0.3) is 0 Å². The molecule has 0 saturated carbocycles. The molecule has 0 spiro atoms. The molecule has 0 N–H and O–H groups in total. The molecule has 1 aliphatic carbocycles. The summed E-state index contributed by atoms with van der Waals surface area (Å²) in [6.07, 6.45) is 8.48. The summed E-state index contributed by atoms with van der Waals surface area (Å²) < 4.78 is 7.65. The van der Waals surface area contributed by atoms with Crippen molar-refractivity contribution in [2.75, 3.05) is 6.54 Å². The molecule has 5 heteroatoms. The normalized spacial score (nSPS) is 25.1. The lowest BCUT2D eigenvalue weighted by atomic mass is 9.79. The van der Waals surface area contributed by atoms with Crippen LogP contribution in [0.4, 0.5) is 4.79 Å². The van der Waals surface area contributed by atoms with E-state index in [9.17, 15) is 4.79 Å². The third-order valence-electron chi connectivity index (χ3n) is 5.11. The fraction of sp³-hybridized carbons (Fsp3) is 0.778. The van der Waals surface area contributed by atoms with E-state index in [2.05, 4.69) is 5.10 Å². The molecule has 1 fully saturated rings. The van der Waals surface area contributed by atoms with Crippen molar-refractivity contribution in [2.45, 2.75) is 70.9 Å². The van der Waals surface area contributed by atoms with Crippen molar-refractivity contribution in [3.05, 3.63) is 17.5 Å². The molecule has 1 amide bonds. The topological polar surface area (TPSA) is 47.4 Å². The second-order valence-electron chi connectivity index (χ2n) is 7.98. The Morgan fingerprint density at radius 3 is 2.83 bits per heavy atom. The fourth-order valence-corrected chi connectivity index (χ4v) is 3.99. The summed E-state index contributed by atoms with van der Waals surface area (Å²) in [4.78, 5) is 14.6. The van der Waals surface area contributed by atoms with Gasteiger partial charge in [-0.25, -0.2) is 4.79 Å². The summed E-state index contributed by atoms with van der Waals surface area (Å²) >= 11 is 0. The summed E-state index contributed by atoms with van der Waals surface area (Å²) in [6, 6.07) is 0.307. The number of carbonyl (C=O) groups is 1. The van der Waals surface area contributed by atoms with Gasteiger partial charge in [-0.15, -0.1) is 0 Å². The number of carbonyl (C=O) groups excluding carboxylic acids is 1. The minimum atomic E-state index is -0.430. The minimum absolute atomic E-state index is 0.141. The molecule has 23 heavy (non-hydrogen) atoms. The molecule has 1 saturated heterocycles. The largest absolute Gasteiger partial charge is 0.444 e. The highest BCUT2D eigenvalue weighted by Crippen LogP contribution is 2.34. The Morgan fingerprint density at radius 2 is 2.09 bits per heavy atom. The molecular weight excluding hydrogens is 290 g/mol. The van der Waals surface area contributed by atoms with Gasteiger partial charge in [0.15, 0.2) is 0 Å². The van der Waals surface area contributed by atoms with Crippen LogP contribution in [0.1, 0.15) is 57.7 Å². The van der Waals surface area contributed by atoms with Gasteiger partial charge in [-0.05, 0) is 70.8 Å². The monoisotopic (exact) mass is 319 g/mol. The SMILES string of the molecule is Cn1ncc2c1C[C@@H]([C@@H]1CCCCN1C(=O)OC(C)(C)C)CC2. The van der Waals surface area contributed by atoms with E-state index in [1.165, 1.54) is 17.7 Å². The number of ether oxygens (including phenoxy) is 1. The van der Waals surface area contributed by atoms with Crippen molar-refractivity contribution in [1.29, 1.82) is 0 Å². The maximum Gasteiger partial charge on any atom is 0.410 e. The van der Waals surface area contributed by atoms with E-state index in [1.54, 1.807) is 0 Å². The van der Waals surface area contributed by atoms with E-state index in [4.69, 9.17) is 4.74 Å². The molecule has 128 valence electrons. The third kappa shape index (κ3) is 3.54. The number of hydrogen-bond acceptors (Lipinski definition) is 3. The van der Waals surface area contributed by atoms with Gasteiger partial charge in [0.25, 0.3) is 0 Å². The van der Waals surface area contributed by atoms with E-state index in [-0.39, 0.29) is 6.09 Å². The van der Waals surface area contributed by atoms with Crippen LogP contribution >= 0.6 is 0 Å². The summed E-state index contributed by atoms with van der Waals surface area (Å²) in [7, 11) is 2.02. The highest BCUT2D eigenvalue weighted by molar-refractivity contribution is 5.68. The molecule has 0 bridgehead atoms. The second kappa shape index (κ2) is 6.17. The first-order valence-corrected chi connectivity index (χ1v) is 8.84. The Kier molecular flexibility index (Phi) is 4.39. The van der Waals surface area contributed by atoms with E-state index in [0.717, 1.165) is 38.6 Å². The zero-order valence-electron chi connectivity index (χ0n) is 14.8. The fourth-order valence-electron chi connectivity index (χ4n) is 3.99. The molecule has 1 aromatic rings. The van der Waals surface area contributed by atoms with E-state index >= 15 is 0 Å². The van der Waals surface area contributed by atoms with Crippen LogP contribution in [-0.4, -0.2) is 39.0 Å². The standard InChI is InChI=1S/C18H29N3O2/c1-18(2,3)23-17(22)21-10-6-5-7-15(21)13-8-9-14-12-19-20(4)16(14)11-13/h12-13,15H,5-11H2,1-4H3/t13-,15-/m0/s1. The van der Waals surface area contributed by atoms with Crippen molar-refractivity contribution < 1.29 is 9.53 Å². The average molecular weight is 319 g/mol. The molecule has 0 radical (unpaired) electrons. The molecule has 0 aromatic carbocycles. The number of fused-ring (bicyclic) bond motifs is 1. The number of rotatable bonds is 1. The van der Waals surface area contributed by atoms with Crippen LogP contribution in [-0.2, 0) is 24.6 Å². The van der Waals surface area contributed by atoms with Crippen LogP contribution in [0.2, 0.25) is 0 Å².